The topological polar surface area (TPSA) is 47.7 Å². The van der Waals surface area contributed by atoms with E-state index >= 15 is 0 Å². The Bertz CT molecular complexity index is 250. The number of hydrogen-bond acceptors (Lipinski definition) is 4. The van der Waals surface area contributed by atoms with Crippen molar-refractivity contribution in [2.45, 2.75) is 50.7 Å². The van der Waals surface area contributed by atoms with Gasteiger partial charge in [0.25, 0.3) is 0 Å². The summed E-state index contributed by atoms with van der Waals surface area (Å²) >= 11 is 0. The summed E-state index contributed by atoms with van der Waals surface area (Å²) in [5.41, 5.74) is 6.25. The number of nitrogens with zero attached hydrogens (tertiary/aromatic N) is 1. The molecule has 2 fully saturated rings. The minimum atomic E-state index is 0.392. The summed E-state index contributed by atoms with van der Waals surface area (Å²) < 4.78 is 10.9. The second-order valence-electron chi connectivity index (χ2n) is 6.10. The van der Waals surface area contributed by atoms with Crippen LogP contribution in [0.3, 0.4) is 0 Å². The second kappa shape index (κ2) is 8.20. The highest BCUT2D eigenvalue weighted by atomic mass is 16.5. The van der Waals surface area contributed by atoms with Gasteiger partial charge in [0, 0.05) is 26.2 Å². The fourth-order valence-corrected chi connectivity index (χ4v) is 3.41. The van der Waals surface area contributed by atoms with Crippen LogP contribution in [0.25, 0.3) is 0 Å². The van der Waals surface area contributed by atoms with Gasteiger partial charge in [-0.2, -0.15) is 0 Å². The third kappa shape index (κ3) is 5.03. The normalized spacial score (nSPS) is 33.5. The number of ether oxygens (including phenoxy) is 2. The van der Waals surface area contributed by atoms with Crippen LogP contribution in [0.4, 0.5) is 0 Å². The quantitative estimate of drug-likeness (QED) is 0.745. The Labute approximate surface area is 117 Å². The SMILES string of the molecule is COCCO[C@@H]1CCCN(C[C@H]2CCCCC2N)C1. The molecule has 0 amide bonds. The van der Waals surface area contributed by atoms with Crippen LogP contribution in [0.15, 0.2) is 0 Å². The molecule has 0 radical (unpaired) electrons. The molecule has 4 nitrogen and oxygen atoms in total. The Kier molecular flexibility index (Phi) is 6.57. The summed E-state index contributed by atoms with van der Waals surface area (Å²) in [7, 11) is 1.72. The van der Waals surface area contributed by atoms with E-state index < -0.39 is 0 Å². The predicted molar refractivity (Wildman–Crippen MR) is 77.2 cm³/mol. The Hall–Kier alpha value is -0.160. The molecule has 2 rings (SSSR count). The van der Waals surface area contributed by atoms with Crippen LogP contribution in [0.5, 0.6) is 0 Å². The van der Waals surface area contributed by atoms with E-state index in [0.717, 1.165) is 13.2 Å². The number of likely N-dealkylation sites (tertiary alicyclic amines) is 1. The van der Waals surface area contributed by atoms with Crippen molar-refractivity contribution in [1.29, 1.82) is 0 Å². The summed E-state index contributed by atoms with van der Waals surface area (Å²) in [5, 5.41) is 0. The van der Waals surface area contributed by atoms with Gasteiger partial charge in [0.05, 0.1) is 19.3 Å². The smallest absolute Gasteiger partial charge is 0.0704 e. The highest BCUT2D eigenvalue weighted by molar-refractivity contribution is 4.83. The molecule has 1 aliphatic carbocycles. The van der Waals surface area contributed by atoms with Crippen molar-refractivity contribution in [1.82, 2.24) is 4.90 Å². The third-order valence-corrected chi connectivity index (χ3v) is 4.56. The third-order valence-electron chi connectivity index (χ3n) is 4.56. The molecule has 1 aliphatic heterocycles. The van der Waals surface area contributed by atoms with E-state index in [1.165, 1.54) is 51.6 Å². The monoisotopic (exact) mass is 270 g/mol. The Morgan fingerprint density at radius 3 is 2.74 bits per heavy atom. The number of methoxy groups -OCH3 is 1. The lowest BCUT2D eigenvalue weighted by atomic mass is 9.84. The van der Waals surface area contributed by atoms with Gasteiger partial charge in [0.2, 0.25) is 0 Å². The van der Waals surface area contributed by atoms with Crippen molar-refractivity contribution >= 4 is 0 Å². The fourth-order valence-electron chi connectivity index (χ4n) is 3.41. The van der Waals surface area contributed by atoms with Crippen LogP contribution in [0.2, 0.25) is 0 Å². The molecule has 1 saturated heterocycles. The molecule has 4 heteroatoms. The lowest BCUT2D eigenvalue weighted by molar-refractivity contribution is -0.0249. The summed E-state index contributed by atoms with van der Waals surface area (Å²) in [5.74, 6) is 0.700. The number of piperidine rings is 1. The minimum Gasteiger partial charge on any atom is -0.382 e. The molecule has 2 N–H and O–H groups in total. The Morgan fingerprint density at radius 1 is 1.11 bits per heavy atom. The van der Waals surface area contributed by atoms with Crippen LogP contribution in [0.1, 0.15) is 38.5 Å². The zero-order valence-electron chi connectivity index (χ0n) is 12.4. The van der Waals surface area contributed by atoms with Crippen molar-refractivity contribution in [3.05, 3.63) is 0 Å². The molecular weight excluding hydrogens is 240 g/mol. The zero-order valence-corrected chi connectivity index (χ0v) is 12.4. The van der Waals surface area contributed by atoms with Gasteiger partial charge in [-0.1, -0.05) is 12.8 Å². The lowest BCUT2D eigenvalue weighted by Gasteiger charge is -2.37. The van der Waals surface area contributed by atoms with E-state index in [0.29, 0.717) is 24.7 Å². The molecule has 1 saturated carbocycles. The summed E-state index contributed by atoms with van der Waals surface area (Å²) in [6.45, 7) is 4.88. The van der Waals surface area contributed by atoms with Gasteiger partial charge in [-0.3, -0.25) is 0 Å². The van der Waals surface area contributed by atoms with Gasteiger partial charge < -0.3 is 20.1 Å². The standard InChI is InChI=1S/C15H30N2O2/c1-18-9-10-19-14-6-4-8-17(12-14)11-13-5-2-3-7-15(13)16/h13-15H,2-12,16H2,1H3/t13-,14-,15?/m1/s1. The molecule has 0 spiro atoms. The first-order valence-electron chi connectivity index (χ1n) is 7.88. The maximum Gasteiger partial charge on any atom is 0.0704 e. The number of rotatable bonds is 6. The molecule has 112 valence electrons. The van der Waals surface area contributed by atoms with Gasteiger partial charge in [-0.15, -0.1) is 0 Å². The van der Waals surface area contributed by atoms with Crippen LogP contribution in [0, 0.1) is 5.92 Å². The van der Waals surface area contributed by atoms with E-state index in [9.17, 15) is 0 Å². The largest absolute Gasteiger partial charge is 0.382 e. The average molecular weight is 270 g/mol. The number of nitrogens with two attached hydrogens (primary N) is 1. The molecule has 1 unspecified atom stereocenters. The van der Waals surface area contributed by atoms with Gasteiger partial charge >= 0.3 is 0 Å². The van der Waals surface area contributed by atoms with E-state index in [2.05, 4.69) is 4.90 Å². The van der Waals surface area contributed by atoms with Crippen LogP contribution in [-0.2, 0) is 9.47 Å². The van der Waals surface area contributed by atoms with Crippen molar-refractivity contribution in [2.75, 3.05) is 40.0 Å². The fraction of sp³-hybridized carbons (Fsp3) is 1.00. The molecule has 0 aromatic heterocycles. The summed E-state index contributed by atoms with van der Waals surface area (Å²) in [6, 6.07) is 0.420. The predicted octanol–water partition coefficient (Wildman–Crippen LogP) is 1.63. The summed E-state index contributed by atoms with van der Waals surface area (Å²) in [6.07, 6.45) is 8.04. The minimum absolute atomic E-state index is 0.392. The van der Waals surface area contributed by atoms with Gasteiger partial charge in [0.15, 0.2) is 0 Å². The van der Waals surface area contributed by atoms with E-state index in [1.807, 2.05) is 0 Å². The van der Waals surface area contributed by atoms with Crippen LogP contribution in [-0.4, -0.2) is 57.0 Å². The van der Waals surface area contributed by atoms with E-state index in [-0.39, 0.29) is 0 Å². The molecule has 3 atom stereocenters. The first kappa shape index (κ1) is 15.2. The van der Waals surface area contributed by atoms with Crippen molar-refractivity contribution in [2.24, 2.45) is 11.7 Å². The first-order valence-corrected chi connectivity index (χ1v) is 7.88. The Balaban J connectivity index is 1.70. The summed E-state index contributed by atoms with van der Waals surface area (Å²) in [4.78, 5) is 2.57. The number of hydrogen-bond donors (Lipinski definition) is 1. The first-order chi connectivity index (χ1) is 9.29. The van der Waals surface area contributed by atoms with Crippen LogP contribution < -0.4 is 5.73 Å². The van der Waals surface area contributed by atoms with Gasteiger partial charge in [0.1, 0.15) is 0 Å². The van der Waals surface area contributed by atoms with Crippen molar-refractivity contribution in [3.63, 3.8) is 0 Å². The second-order valence-corrected chi connectivity index (χ2v) is 6.10. The molecule has 0 bridgehead atoms. The molecule has 2 aliphatic rings. The average Bonchev–Trinajstić information content (AvgIpc) is 2.42. The molecule has 1 heterocycles. The van der Waals surface area contributed by atoms with Crippen molar-refractivity contribution in [3.8, 4) is 0 Å². The Morgan fingerprint density at radius 2 is 1.95 bits per heavy atom. The molecule has 19 heavy (non-hydrogen) atoms. The lowest BCUT2D eigenvalue weighted by Crippen LogP contribution is -2.46. The molecule has 0 aromatic rings. The van der Waals surface area contributed by atoms with Crippen molar-refractivity contribution < 1.29 is 9.47 Å². The van der Waals surface area contributed by atoms with Gasteiger partial charge in [-0.25, -0.2) is 0 Å². The highest BCUT2D eigenvalue weighted by Gasteiger charge is 2.27. The maximum atomic E-state index is 6.25. The van der Waals surface area contributed by atoms with E-state index in [4.69, 9.17) is 15.2 Å². The van der Waals surface area contributed by atoms with Gasteiger partial charge in [-0.05, 0) is 38.1 Å². The van der Waals surface area contributed by atoms with Crippen LogP contribution >= 0.6 is 0 Å². The highest BCUT2D eigenvalue weighted by Crippen LogP contribution is 2.25. The maximum absolute atomic E-state index is 6.25. The molecule has 0 aromatic carbocycles. The van der Waals surface area contributed by atoms with E-state index in [1.54, 1.807) is 7.11 Å². The zero-order chi connectivity index (χ0) is 13.5. The molecular formula is C15H30N2O2.